The lowest BCUT2D eigenvalue weighted by molar-refractivity contribution is -0.142. The van der Waals surface area contributed by atoms with Crippen molar-refractivity contribution < 1.29 is 9.90 Å². The summed E-state index contributed by atoms with van der Waals surface area (Å²) in [4.78, 5) is 15.0. The molecule has 1 atom stereocenters. The molecule has 0 bridgehead atoms. The van der Waals surface area contributed by atoms with E-state index >= 15 is 0 Å². The van der Waals surface area contributed by atoms with E-state index in [1.54, 1.807) is 18.3 Å². The Kier molecular flexibility index (Phi) is 4.31. The molecule has 1 unspecified atom stereocenters. The van der Waals surface area contributed by atoms with Gasteiger partial charge in [-0.15, -0.1) is 11.3 Å². The molecule has 0 spiro atoms. The zero-order valence-electron chi connectivity index (χ0n) is 8.95. The van der Waals surface area contributed by atoms with Crippen LogP contribution in [0.25, 0.3) is 0 Å². The molecule has 1 heterocycles. The van der Waals surface area contributed by atoms with Gasteiger partial charge < -0.3 is 5.11 Å². The van der Waals surface area contributed by atoms with Gasteiger partial charge in [0.1, 0.15) is 6.04 Å². The van der Waals surface area contributed by atoms with Gasteiger partial charge in [-0.05, 0) is 42.9 Å². The average Bonchev–Trinajstić information content (AvgIpc) is 2.44. The van der Waals surface area contributed by atoms with Gasteiger partial charge in [0.15, 0.2) is 0 Å². The van der Waals surface area contributed by atoms with Crippen molar-refractivity contribution in [2.24, 2.45) is 0 Å². The Morgan fingerprint density at radius 1 is 1.73 bits per heavy atom. The number of hydrogen-bond donors (Lipinski definition) is 1. The van der Waals surface area contributed by atoms with Gasteiger partial charge >= 0.3 is 5.97 Å². The Labute approximate surface area is 102 Å². The van der Waals surface area contributed by atoms with Gasteiger partial charge in [0.25, 0.3) is 0 Å². The van der Waals surface area contributed by atoms with Crippen LogP contribution < -0.4 is 0 Å². The van der Waals surface area contributed by atoms with Crippen LogP contribution in [0.1, 0.15) is 16.7 Å². The highest BCUT2D eigenvalue weighted by Crippen LogP contribution is 2.27. The number of carbonyl (C=O) groups is 1. The topological polar surface area (TPSA) is 40.5 Å². The van der Waals surface area contributed by atoms with E-state index in [4.69, 9.17) is 5.11 Å². The third-order valence-corrected chi connectivity index (χ3v) is 4.45. The number of carboxylic acid groups (broad SMARTS) is 1. The highest BCUT2D eigenvalue weighted by Gasteiger charge is 2.17. The Hall–Kier alpha value is -0.390. The van der Waals surface area contributed by atoms with Gasteiger partial charge in [0.2, 0.25) is 0 Å². The molecular formula is C10H14BrNO2S. The van der Waals surface area contributed by atoms with Crippen LogP contribution in [-0.4, -0.2) is 29.1 Å². The fraction of sp³-hybridized carbons (Fsp3) is 0.500. The van der Waals surface area contributed by atoms with E-state index in [2.05, 4.69) is 15.9 Å². The number of nitrogens with zero attached hydrogens (tertiary/aromatic N) is 1. The monoisotopic (exact) mass is 291 g/mol. The van der Waals surface area contributed by atoms with E-state index in [-0.39, 0.29) is 0 Å². The van der Waals surface area contributed by atoms with Crippen molar-refractivity contribution in [3.05, 3.63) is 20.3 Å². The smallest absolute Gasteiger partial charge is 0.320 e. The van der Waals surface area contributed by atoms with Crippen molar-refractivity contribution >= 4 is 33.2 Å². The van der Waals surface area contributed by atoms with Crippen molar-refractivity contribution in [3.63, 3.8) is 0 Å². The number of aryl methyl sites for hydroxylation is 1. The largest absolute Gasteiger partial charge is 0.480 e. The molecule has 0 fully saturated rings. The zero-order chi connectivity index (χ0) is 11.6. The molecule has 0 radical (unpaired) electrons. The molecule has 0 aliphatic carbocycles. The first kappa shape index (κ1) is 12.7. The first-order valence-corrected chi connectivity index (χ1v) is 6.20. The van der Waals surface area contributed by atoms with Gasteiger partial charge in [-0.1, -0.05) is 0 Å². The number of carboxylic acids is 1. The number of likely N-dealkylation sites (N-methyl/N-ethyl adjacent to an activating group) is 1. The van der Waals surface area contributed by atoms with E-state index in [1.165, 1.54) is 9.75 Å². The van der Waals surface area contributed by atoms with E-state index in [0.29, 0.717) is 6.54 Å². The minimum atomic E-state index is -0.787. The Balaban J connectivity index is 2.66. The van der Waals surface area contributed by atoms with Crippen LogP contribution in [0.15, 0.2) is 10.5 Å². The van der Waals surface area contributed by atoms with Gasteiger partial charge in [0, 0.05) is 20.8 Å². The molecule has 3 nitrogen and oxygen atoms in total. The second kappa shape index (κ2) is 5.09. The van der Waals surface area contributed by atoms with Crippen molar-refractivity contribution in [2.45, 2.75) is 26.4 Å². The van der Waals surface area contributed by atoms with Crippen LogP contribution in [-0.2, 0) is 11.3 Å². The maximum atomic E-state index is 10.8. The molecule has 0 aromatic carbocycles. The summed E-state index contributed by atoms with van der Waals surface area (Å²) in [5, 5.41) is 8.84. The fourth-order valence-corrected chi connectivity index (χ4v) is 2.83. The molecule has 15 heavy (non-hydrogen) atoms. The van der Waals surface area contributed by atoms with Crippen LogP contribution in [0.3, 0.4) is 0 Å². The normalized spacial score (nSPS) is 13.1. The van der Waals surface area contributed by atoms with Crippen LogP contribution in [0.5, 0.6) is 0 Å². The summed E-state index contributed by atoms with van der Waals surface area (Å²) < 4.78 is 1.10. The molecule has 1 aromatic rings. The molecule has 5 heteroatoms. The Bertz CT molecular complexity index is 345. The molecule has 0 aliphatic rings. The van der Waals surface area contributed by atoms with E-state index in [1.807, 2.05) is 24.9 Å². The van der Waals surface area contributed by atoms with Crippen LogP contribution in [0.4, 0.5) is 0 Å². The summed E-state index contributed by atoms with van der Waals surface area (Å²) in [5.74, 6) is -0.787. The van der Waals surface area contributed by atoms with E-state index in [0.717, 1.165) is 4.47 Å². The van der Waals surface area contributed by atoms with Crippen LogP contribution in [0.2, 0.25) is 0 Å². The van der Waals surface area contributed by atoms with Gasteiger partial charge in [-0.3, -0.25) is 9.69 Å². The lowest BCUT2D eigenvalue weighted by atomic mass is 10.3. The van der Waals surface area contributed by atoms with Crippen molar-refractivity contribution in [3.8, 4) is 0 Å². The third-order valence-electron chi connectivity index (χ3n) is 2.33. The quantitative estimate of drug-likeness (QED) is 0.927. The van der Waals surface area contributed by atoms with Crippen molar-refractivity contribution in [2.75, 3.05) is 7.05 Å². The summed E-state index contributed by atoms with van der Waals surface area (Å²) >= 11 is 5.14. The fourth-order valence-electron chi connectivity index (χ4n) is 1.17. The maximum Gasteiger partial charge on any atom is 0.320 e. The average molecular weight is 292 g/mol. The minimum Gasteiger partial charge on any atom is -0.480 e. The first-order chi connectivity index (χ1) is 6.91. The summed E-state index contributed by atoms with van der Waals surface area (Å²) in [7, 11) is 1.82. The number of thiophene rings is 1. The molecule has 0 amide bonds. The first-order valence-electron chi connectivity index (χ1n) is 4.59. The van der Waals surface area contributed by atoms with E-state index in [9.17, 15) is 4.79 Å². The third kappa shape index (κ3) is 3.29. The molecule has 0 saturated heterocycles. The second-order valence-corrected chi connectivity index (χ2v) is 5.74. The van der Waals surface area contributed by atoms with Crippen molar-refractivity contribution in [1.82, 2.24) is 4.90 Å². The molecule has 1 N–H and O–H groups in total. The van der Waals surface area contributed by atoms with Gasteiger partial charge in [0.05, 0.1) is 0 Å². The molecule has 0 saturated carbocycles. The molecule has 1 rings (SSSR count). The Morgan fingerprint density at radius 3 is 2.73 bits per heavy atom. The summed E-state index contributed by atoms with van der Waals surface area (Å²) in [6.07, 6.45) is 0. The van der Waals surface area contributed by atoms with Gasteiger partial charge in [-0.25, -0.2) is 0 Å². The number of hydrogen-bond acceptors (Lipinski definition) is 3. The summed E-state index contributed by atoms with van der Waals surface area (Å²) in [5.41, 5.74) is 0. The lowest BCUT2D eigenvalue weighted by Gasteiger charge is -2.19. The van der Waals surface area contributed by atoms with Crippen molar-refractivity contribution in [1.29, 1.82) is 0 Å². The standard InChI is InChI=1S/C10H14BrNO2S/c1-6(10(13)14)12(3)5-8-4-9(11)7(2)15-8/h4,6H,5H2,1-3H3,(H,13,14). The number of aliphatic carboxylic acids is 1. The maximum absolute atomic E-state index is 10.8. The Morgan fingerprint density at radius 2 is 2.33 bits per heavy atom. The molecular weight excluding hydrogens is 278 g/mol. The predicted octanol–water partition coefficient (Wildman–Crippen LogP) is 2.72. The number of halogens is 1. The van der Waals surface area contributed by atoms with Crippen LogP contribution in [0, 0.1) is 6.92 Å². The molecule has 1 aromatic heterocycles. The highest BCUT2D eigenvalue weighted by molar-refractivity contribution is 9.10. The molecule has 84 valence electrons. The van der Waals surface area contributed by atoms with E-state index < -0.39 is 12.0 Å². The van der Waals surface area contributed by atoms with Gasteiger partial charge in [-0.2, -0.15) is 0 Å². The highest BCUT2D eigenvalue weighted by atomic mass is 79.9. The summed E-state index contributed by atoms with van der Waals surface area (Å²) in [6, 6.07) is 1.59. The minimum absolute atomic E-state index is 0.453. The molecule has 0 aliphatic heterocycles. The zero-order valence-corrected chi connectivity index (χ0v) is 11.4. The summed E-state index contributed by atoms with van der Waals surface area (Å²) in [6.45, 7) is 4.40. The number of rotatable bonds is 4. The predicted molar refractivity (Wildman–Crippen MR) is 65.3 cm³/mol. The lowest BCUT2D eigenvalue weighted by Crippen LogP contribution is -2.34. The van der Waals surface area contributed by atoms with Crippen LogP contribution >= 0.6 is 27.3 Å². The SMILES string of the molecule is Cc1sc(CN(C)C(C)C(=O)O)cc1Br. The second-order valence-electron chi connectivity index (χ2n) is 3.55.